The summed E-state index contributed by atoms with van der Waals surface area (Å²) in [7, 11) is -3.89. The van der Waals surface area contributed by atoms with E-state index in [0.717, 1.165) is 23.3 Å². The van der Waals surface area contributed by atoms with Crippen molar-refractivity contribution in [3.05, 3.63) is 64.7 Å². The normalized spacial score (nSPS) is 28.3. The van der Waals surface area contributed by atoms with Gasteiger partial charge in [-0.05, 0) is 99.3 Å². The minimum Gasteiger partial charge on any atom is -0.352 e. The van der Waals surface area contributed by atoms with Crippen LogP contribution in [0.25, 0.3) is 0 Å². The summed E-state index contributed by atoms with van der Waals surface area (Å²) >= 11 is 6.36. The molecule has 4 bridgehead atoms. The fourth-order valence-corrected chi connectivity index (χ4v) is 8.78. The van der Waals surface area contributed by atoms with Crippen molar-refractivity contribution >= 4 is 27.5 Å². The SMILES string of the molecule is Cc1ccc(S(=O)(=O)N(CC(=O)N[C@H](C)C23CC4CC(CC(C4)C2)C3)Cc2ccccc2Cl)cc1. The minimum atomic E-state index is -3.89. The van der Waals surface area contributed by atoms with Gasteiger partial charge in [0.15, 0.2) is 0 Å². The molecule has 2 aromatic carbocycles. The van der Waals surface area contributed by atoms with Gasteiger partial charge in [0.25, 0.3) is 0 Å². The van der Waals surface area contributed by atoms with Crippen LogP contribution in [0.4, 0.5) is 0 Å². The molecule has 4 fully saturated rings. The molecule has 0 saturated heterocycles. The quantitative estimate of drug-likeness (QED) is 0.501. The lowest BCUT2D eigenvalue weighted by atomic mass is 9.48. The van der Waals surface area contributed by atoms with Gasteiger partial charge in [-0.3, -0.25) is 4.79 Å². The van der Waals surface area contributed by atoms with E-state index < -0.39 is 10.0 Å². The molecule has 0 aromatic heterocycles. The van der Waals surface area contributed by atoms with Crippen LogP contribution in [-0.4, -0.2) is 31.2 Å². The molecular weight excluding hydrogens is 480 g/mol. The second-order valence-corrected chi connectivity index (χ2v) is 13.6. The van der Waals surface area contributed by atoms with Crippen molar-refractivity contribution in [1.82, 2.24) is 9.62 Å². The lowest BCUT2D eigenvalue weighted by Gasteiger charge is -2.59. The second kappa shape index (κ2) is 9.53. The Morgan fingerprint density at radius 2 is 1.60 bits per heavy atom. The Balaban J connectivity index is 1.35. The van der Waals surface area contributed by atoms with Crippen LogP contribution in [0.3, 0.4) is 0 Å². The molecule has 2 aromatic rings. The summed E-state index contributed by atoms with van der Waals surface area (Å²) in [5.41, 5.74) is 1.81. The maximum Gasteiger partial charge on any atom is 0.243 e. The number of hydrogen-bond donors (Lipinski definition) is 1. The smallest absolute Gasteiger partial charge is 0.243 e. The molecule has 35 heavy (non-hydrogen) atoms. The molecule has 4 aliphatic rings. The standard InChI is InChI=1S/C28H35ClN2O3S/c1-19-7-9-25(10-8-19)35(33,34)31(17-24-5-3-4-6-26(24)29)18-27(32)30-20(2)28-14-21-11-22(15-28)13-23(12-21)16-28/h3-10,20-23H,11-18H2,1-2H3,(H,30,32)/t20-,21?,22?,23?,28?/m1/s1. The highest BCUT2D eigenvalue weighted by Gasteiger charge is 2.53. The highest BCUT2D eigenvalue weighted by Crippen LogP contribution is 2.61. The molecule has 5 nitrogen and oxygen atoms in total. The predicted octanol–water partition coefficient (Wildman–Crippen LogP) is 5.56. The van der Waals surface area contributed by atoms with Crippen molar-refractivity contribution in [2.24, 2.45) is 23.2 Å². The third-order valence-corrected chi connectivity index (χ3v) is 10.8. The summed E-state index contributed by atoms with van der Waals surface area (Å²) in [6.07, 6.45) is 7.60. The third kappa shape index (κ3) is 5.03. The van der Waals surface area contributed by atoms with Crippen LogP contribution >= 0.6 is 11.6 Å². The average molecular weight is 515 g/mol. The van der Waals surface area contributed by atoms with E-state index in [1.165, 1.54) is 42.8 Å². The highest BCUT2D eigenvalue weighted by molar-refractivity contribution is 7.89. The molecule has 0 aliphatic heterocycles. The van der Waals surface area contributed by atoms with Gasteiger partial charge in [0.1, 0.15) is 0 Å². The zero-order valence-corrected chi connectivity index (χ0v) is 22.1. The van der Waals surface area contributed by atoms with E-state index in [4.69, 9.17) is 11.6 Å². The first kappa shape index (κ1) is 24.8. The Kier molecular flexibility index (Phi) is 6.75. The molecule has 0 radical (unpaired) electrons. The van der Waals surface area contributed by atoms with Gasteiger partial charge in [-0.1, -0.05) is 47.5 Å². The van der Waals surface area contributed by atoms with Crippen molar-refractivity contribution in [2.75, 3.05) is 6.54 Å². The van der Waals surface area contributed by atoms with E-state index in [9.17, 15) is 13.2 Å². The Morgan fingerprint density at radius 1 is 1.03 bits per heavy atom. The number of benzene rings is 2. The number of hydrogen-bond acceptors (Lipinski definition) is 3. The first-order valence-electron chi connectivity index (χ1n) is 12.7. The number of nitrogens with zero attached hydrogens (tertiary/aromatic N) is 1. The maximum absolute atomic E-state index is 13.6. The van der Waals surface area contributed by atoms with Crippen molar-refractivity contribution < 1.29 is 13.2 Å². The summed E-state index contributed by atoms with van der Waals surface area (Å²) in [5, 5.41) is 3.71. The Bertz CT molecular complexity index is 1160. The summed E-state index contributed by atoms with van der Waals surface area (Å²) in [6, 6.07) is 14.0. The van der Waals surface area contributed by atoms with Crippen LogP contribution in [-0.2, 0) is 21.4 Å². The number of aryl methyl sites for hydroxylation is 1. The van der Waals surface area contributed by atoms with E-state index in [0.29, 0.717) is 10.6 Å². The van der Waals surface area contributed by atoms with Crippen LogP contribution in [0.2, 0.25) is 5.02 Å². The van der Waals surface area contributed by atoms with Gasteiger partial charge in [-0.25, -0.2) is 8.42 Å². The van der Waals surface area contributed by atoms with E-state index in [2.05, 4.69) is 12.2 Å². The molecule has 4 aliphatic carbocycles. The first-order valence-corrected chi connectivity index (χ1v) is 14.6. The van der Waals surface area contributed by atoms with Crippen LogP contribution in [0, 0.1) is 30.1 Å². The Hall–Kier alpha value is -1.89. The molecule has 4 saturated carbocycles. The molecule has 1 N–H and O–H groups in total. The number of amides is 1. The molecule has 188 valence electrons. The summed E-state index contributed by atoms with van der Waals surface area (Å²) in [4.78, 5) is 13.5. The van der Waals surface area contributed by atoms with Crippen LogP contribution in [0.5, 0.6) is 0 Å². The molecule has 1 atom stereocenters. The lowest BCUT2D eigenvalue weighted by Crippen LogP contribution is -2.56. The fraction of sp³-hybridized carbons (Fsp3) is 0.536. The van der Waals surface area contributed by atoms with Gasteiger partial charge in [0.05, 0.1) is 11.4 Å². The van der Waals surface area contributed by atoms with E-state index in [1.54, 1.807) is 36.4 Å². The average Bonchev–Trinajstić information content (AvgIpc) is 2.79. The summed E-state index contributed by atoms with van der Waals surface area (Å²) in [5.74, 6) is 2.12. The van der Waals surface area contributed by atoms with Crippen LogP contribution in [0.15, 0.2) is 53.4 Å². The van der Waals surface area contributed by atoms with Gasteiger partial charge in [-0.15, -0.1) is 0 Å². The maximum atomic E-state index is 13.6. The zero-order valence-electron chi connectivity index (χ0n) is 20.5. The summed E-state index contributed by atoms with van der Waals surface area (Å²) in [6.45, 7) is 3.84. The van der Waals surface area contributed by atoms with Crippen molar-refractivity contribution in [2.45, 2.75) is 69.9 Å². The highest BCUT2D eigenvalue weighted by atomic mass is 35.5. The van der Waals surface area contributed by atoms with Crippen molar-refractivity contribution in [3.63, 3.8) is 0 Å². The number of sulfonamides is 1. The van der Waals surface area contributed by atoms with Gasteiger partial charge in [0, 0.05) is 17.6 Å². The number of rotatable bonds is 8. The Morgan fingerprint density at radius 3 is 2.17 bits per heavy atom. The van der Waals surface area contributed by atoms with Gasteiger partial charge < -0.3 is 5.32 Å². The van der Waals surface area contributed by atoms with Crippen molar-refractivity contribution in [3.8, 4) is 0 Å². The predicted molar refractivity (Wildman–Crippen MR) is 138 cm³/mol. The van der Waals surface area contributed by atoms with Crippen molar-refractivity contribution in [1.29, 1.82) is 0 Å². The van der Waals surface area contributed by atoms with Crippen LogP contribution < -0.4 is 5.32 Å². The number of halogens is 1. The Labute approximate surface area is 214 Å². The number of carbonyl (C=O) groups excluding carboxylic acids is 1. The topological polar surface area (TPSA) is 66.5 Å². The molecule has 0 unspecified atom stereocenters. The van der Waals surface area contributed by atoms with E-state index >= 15 is 0 Å². The summed E-state index contributed by atoms with van der Waals surface area (Å²) < 4.78 is 28.5. The molecular formula is C28H35ClN2O3S. The lowest BCUT2D eigenvalue weighted by molar-refractivity contribution is -0.126. The van der Waals surface area contributed by atoms with Crippen LogP contribution in [0.1, 0.15) is 56.6 Å². The molecule has 0 heterocycles. The monoisotopic (exact) mass is 514 g/mol. The van der Waals surface area contributed by atoms with Gasteiger partial charge in [0.2, 0.25) is 15.9 Å². The minimum absolute atomic E-state index is 0.0349. The van der Waals surface area contributed by atoms with E-state index in [1.807, 2.05) is 19.1 Å². The first-order chi connectivity index (χ1) is 16.6. The second-order valence-electron chi connectivity index (χ2n) is 11.2. The third-order valence-electron chi connectivity index (χ3n) is 8.66. The molecule has 7 heteroatoms. The largest absolute Gasteiger partial charge is 0.352 e. The van der Waals surface area contributed by atoms with Gasteiger partial charge >= 0.3 is 0 Å². The molecule has 6 rings (SSSR count). The molecule has 1 amide bonds. The number of carbonyl (C=O) groups is 1. The van der Waals surface area contributed by atoms with E-state index in [-0.39, 0.29) is 35.3 Å². The molecule has 0 spiro atoms. The fourth-order valence-electron chi connectivity index (χ4n) is 7.21. The number of nitrogens with one attached hydrogen (secondary N) is 1. The van der Waals surface area contributed by atoms with Gasteiger partial charge in [-0.2, -0.15) is 4.31 Å². The zero-order chi connectivity index (χ0) is 24.8.